The maximum absolute atomic E-state index is 7.53. The van der Waals surface area contributed by atoms with Crippen LogP contribution in [0.3, 0.4) is 0 Å². The zero-order valence-electron chi connectivity index (χ0n) is 14.6. The summed E-state index contributed by atoms with van der Waals surface area (Å²) in [6.07, 6.45) is 7.18. The number of rotatable bonds is 4. The fraction of sp³-hybridized carbons (Fsp3) is 0.150. The van der Waals surface area contributed by atoms with E-state index in [0.29, 0.717) is 5.69 Å². The Labute approximate surface area is 151 Å². The highest BCUT2D eigenvalue weighted by Crippen LogP contribution is 2.34. The van der Waals surface area contributed by atoms with Gasteiger partial charge in [-0.3, -0.25) is 0 Å². The highest BCUT2D eigenvalue weighted by molar-refractivity contribution is 5.85. The molecule has 0 bridgehead atoms. The molecule has 26 heavy (non-hydrogen) atoms. The van der Waals surface area contributed by atoms with E-state index < -0.39 is 0 Å². The molecule has 1 N–H and O–H groups in total. The van der Waals surface area contributed by atoms with E-state index >= 15 is 0 Å². The third-order valence-corrected chi connectivity index (χ3v) is 4.45. The van der Waals surface area contributed by atoms with E-state index in [9.17, 15) is 0 Å². The second-order valence-electron chi connectivity index (χ2n) is 6.24. The molecule has 0 spiro atoms. The first-order valence-electron chi connectivity index (χ1n) is 8.31. The molecule has 0 aliphatic carbocycles. The molecule has 0 radical (unpaired) electrons. The second kappa shape index (κ2) is 6.37. The number of anilines is 1. The van der Waals surface area contributed by atoms with Gasteiger partial charge in [-0.1, -0.05) is 29.8 Å². The molecule has 4 aromatic rings. The summed E-state index contributed by atoms with van der Waals surface area (Å²) < 4.78 is 3.76. The maximum Gasteiger partial charge on any atom is 0.231 e. The number of nitrogens with one attached hydrogen (secondary N) is 1. The summed E-state index contributed by atoms with van der Waals surface area (Å²) in [6, 6.07) is 12.0. The van der Waals surface area contributed by atoms with Crippen LogP contribution in [0.25, 0.3) is 10.4 Å². The summed E-state index contributed by atoms with van der Waals surface area (Å²) in [4.78, 5) is 8.19. The molecule has 6 nitrogen and oxygen atoms in total. The largest absolute Gasteiger partial charge is 0.379 e. The molecule has 0 aliphatic rings. The van der Waals surface area contributed by atoms with Gasteiger partial charge in [-0.25, -0.2) is 14.3 Å². The first-order valence-corrected chi connectivity index (χ1v) is 8.31. The van der Waals surface area contributed by atoms with Gasteiger partial charge in [-0.2, -0.15) is 5.10 Å². The van der Waals surface area contributed by atoms with E-state index in [0.717, 1.165) is 22.6 Å². The van der Waals surface area contributed by atoms with Crippen molar-refractivity contribution < 1.29 is 0 Å². The summed E-state index contributed by atoms with van der Waals surface area (Å²) in [7, 11) is 1.97. The van der Waals surface area contributed by atoms with E-state index in [4.69, 9.17) is 6.57 Å². The number of hydrogen-bond donors (Lipinski definition) is 1. The molecule has 3 aromatic heterocycles. The monoisotopic (exact) mass is 342 g/mol. The van der Waals surface area contributed by atoms with Crippen molar-refractivity contribution in [2.45, 2.75) is 13.0 Å². The molecule has 1 unspecified atom stereocenters. The minimum atomic E-state index is -0.184. The van der Waals surface area contributed by atoms with Gasteiger partial charge >= 0.3 is 0 Å². The molecule has 6 heteroatoms. The minimum Gasteiger partial charge on any atom is -0.379 e. The van der Waals surface area contributed by atoms with Gasteiger partial charge in [0.25, 0.3) is 0 Å². The fourth-order valence-corrected chi connectivity index (χ4v) is 3.16. The van der Waals surface area contributed by atoms with E-state index in [-0.39, 0.29) is 6.04 Å². The zero-order chi connectivity index (χ0) is 18.1. The molecule has 3 heterocycles. The number of aryl methyl sites for hydroxylation is 2. The van der Waals surface area contributed by atoms with Crippen molar-refractivity contribution >= 4 is 16.9 Å². The third kappa shape index (κ3) is 2.70. The van der Waals surface area contributed by atoms with Gasteiger partial charge in [-0.15, -0.1) is 0 Å². The second-order valence-corrected chi connectivity index (χ2v) is 6.24. The topological polar surface area (TPSA) is 51.5 Å². The molecular formula is C20H18N6. The van der Waals surface area contributed by atoms with Crippen LogP contribution in [-0.2, 0) is 7.05 Å². The molecule has 0 saturated carbocycles. The van der Waals surface area contributed by atoms with Crippen LogP contribution in [0.5, 0.6) is 0 Å². The molecular weight excluding hydrogens is 324 g/mol. The molecule has 0 amide bonds. The lowest BCUT2D eigenvalue weighted by molar-refractivity contribution is 0.748. The van der Waals surface area contributed by atoms with Crippen LogP contribution in [0.4, 0.5) is 11.4 Å². The number of aromatic nitrogens is 4. The smallest absolute Gasteiger partial charge is 0.231 e. The predicted molar refractivity (Wildman–Crippen MR) is 101 cm³/mol. The summed E-state index contributed by atoms with van der Waals surface area (Å²) >= 11 is 0. The van der Waals surface area contributed by atoms with Crippen LogP contribution < -0.4 is 5.32 Å². The lowest BCUT2D eigenvalue weighted by Crippen LogP contribution is -2.17. The fourth-order valence-electron chi connectivity index (χ4n) is 3.16. The highest BCUT2D eigenvalue weighted by Gasteiger charge is 2.21. The first kappa shape index (κ1) is 15.9. The van der Waals surface area contributed by atoms with Crippen molar-refractivity contribution in [3.05, 3.63) is 89.6 Å². The molecule has 0 aliphatic heterocycles. The Balaban J connectivity index is 1.88. The van der Waals surface area contributed by atoms with Crippen LogP contribution >= 0.6 is 0 Å². The molecule has 128 valence electrons. The minimum absolute atomic E-state index is 0.184. The maximum atomic E-state index is 7.53. The van der Waals surface area contributed by atoms with Crippen LogP contribution in [0.15, 0.2) is 61.2 Å². The van der Waals surface area contributed by atoms with Crippen molar-refractivity contribution in [3.8, 4) is 0 Å². The molecule has 4 rings (SSSR count). The SMILES string of the molecule is [C-]#[N+]c1cnn2cccc2c1NC(c1cccc(C)c1)c1nccn1C. The average molecular weight is 342 g/mol. The summed E-state index contributed by atoms with van der Waals surface area (Å²) in [5.41, 5.74) is 4.39. The van der Waals surface area contributed by atoms with Crippen LogP contribution in [0.2, 0.25) is 0 Å². The Morgan fingerprint density at radius 3 is 2.81 bits per heavy atom. The standard InChI is InChI=1S/C20H18N6/c1-14-6-4-7-15(12-14)18(20-22-9-11-25(20)3)24-19-16(21-2)13-23-26-10-5-8-17(19)26/h4-13,18,24H,1,3H3. The normalized spacial score (nSPS) is 12.0. The van der Waals surface area contributed by atoms with Gasteiger partial charge in [0.2, 0.25) is 5.69 Å². The summed E-state index contributed by atoms with van der Waals surface area (Å²) in [5, 5.41) is 7.85. The molecule has 0 saturated heterocycles. The Kier molecular flexibility index (Phi) is 3.90. The van der Waals surface area contributed by atoms with E-state index in [2.05, 4.69) is 45.4 Å². The quantitative estimate of drug-likeness (QED) is 0.567. The lowest BCUT2D eigenvalue weighted by atomic mass is 10.0. The van der Waals surface area contributed by atoms with Crippen molar-refractivity contribution in [1.29, 1.82) is 0 Å². The van der Waals surface area contributed by atoms with Gasteiger partial charge < -0.3 is 9.88 Å². The van der Waals surface area contributed by atoms with E-state index in [1.54, 1.807) is 16.9 Å². The van der Waals surface area contributed by atoms with Gasteiger partial charge in [0, 0.05) is 25.6 Å². The van der Waals surface area contributed by atoms with Crippen molar-refractivity contribution in [2.75, 3.05) is 5.32 Å². The Hall–Kier alpha value is -3.59. The predicted octanol–water partition coefficient (Wildman–Crippen LogP) is 4.13. The number of nitrogens with zero attached hydrogens (tertiary/aromatic N) is 5. The Morgan fingerprint density at radius 2 is 2.08 bits per heavy atom. The Morgan fingerprint density at radius 1 is 1.19 bits per heavy atom. The van der Waals surface area contributed by atoms with Crippen LogP contribution in [0, 0.1) is 13.5 Å². The lowest BCUT2D eigenvalue weighted by Gasteiger charge is -2.22. The van der Waals surface area contributed by atoms with Crippen molar-refractivity contribution in [3.63, 3.8) is 0 Å². The van der Waals surface area contributed by atoms with Crippen LogP contribution in [0.1, 0.15) is 23.0 Å². The van der Waals surface area contributed by atoms with Gasteiger partial charge in [0.1, 0.15) is 11.9 Å². The summed E-state index contributed by atoms with van der Waals surface area (Å²) in [6.45, 7) is 9.60. The van der Waals surface area contributed by atoms with Gasteiger partial charge in [-0.05, 0) is 24.6 Å². The van der Waals surface area contributed by atoms with Crippen molar-refractivity contribution in [2.24, 2.45) is 7.05 Å². The molecule has 0 fully saturated rings. The van der Waals surface area contributed by atoms with E-state index in [1.165, 1.54) is 5.56 Å². The molecule has 1 atom stereocenters. The van der Waals surface area contributed by atoms with Crippen LogP contribution in [-0.4, -0.2) is 19.2 Å². The number of imidazole rings is 1. The van der Waals surface area contributed by atoms with Gasteiger partial charge in [0.15, 0.2) is 0 Å². The number of hydrogen-bond acceptors (Lipinski definition) is 3. The average Bonchev–Trinajstić information content (AvgIpc) is 3.28. The third-order valence-electron chi connectivity index (χ3n) is 4.45. The first-order chi connectivity index (χ1) is 12.7. The summed E-state index contributed by atoms with van der Waals surface area (Å²) in [5.74, 6) is 0.882. The van der Waals surface area contributed by atoms with Crippen molar-refractivity contribution in [1.82, 2.24) is 19.2 Å². The van der Waals surface area contributed by atoms with E-state index in [1.807, 2.05) is 42.2 Å². The Bertz CT molecular complexity index is 1110. The highest BCUT2D eigenvalue weighted by atomic mass is 15.2. The molecule has 1 aromatic carbocycles. The zero-order valence-corrected chi connectivity index (χ0v) is 14.6. The number of benzene rings is 1. The van der Waals surface area contributed by atoms with Gasteiger partial charge in [0.05, 0.1) is 24.0 Å². The number of fused-ring (bicyclic) bond motifs is 1.